The molecule has 0 aromatic rings. The second kappa shape index (κ2) is 44.1. The van der Waals surface area contributed by atoms with Gasteiger partial charge >= 0.3 is 17.9 Å². The van der Waals surface area contributed by atoms with Gasteiger partial charge in [0.25, 0.3) is 0 Å². The molecule has 0 aliphatic rings. The van der Waals surface area contributed by atoms with Gasteiger partial charge in [-0.2, -0.15) is 0 Å². The van der Waals surface area contributed by atoms with Crippen molar-refractivity contribution in [3.63, 3.8) is 0 Å². The fourth-order valence-electron chi connectivity index (χ4n) is 6.20. The summed E-state index contributed by atoms with van der Waals surface area (Å²) in [4.78, 5) is 37.7. The largest absolute Gasteiger partial charge is 0.462 e. The normalized spacial score (nSPS) is 12.4. The number of unbranched alkanes of at least 4 members (excludes halogenated alkanes) is 22. The minimum Gasteiger partial charge on any atom is -0.462 e. The standard InChI is InChI=1S/C49H86O6/c1-4-7-10-13-16-19-22-24-25-28-30-33-36-39-42-48(51)54-45-46(44-53-47(50)41-38-35-32-29-26-21-18-15-12-9-6-3)55-49(52)43-40-37-34-31-27-23-20-17-14-11-8-5-2/h13,15-18,20,22,24,46H,4-12,14,19,21,23,25-45H2,1-3H3/b16-13-,18-15-,20-17-,24-22-. The molecular formula is C49H86O6. The highest BCUT2D eigenvalue weighted by molar-refractivity contribution is 5.71. The van der Waals surface area contributed by atoms with Crippen LogP contribution in [0.4, 0.5) is 0 Å². The smallest absolute Gasteiger partial charge is 0.306 e. The number of ether oxygens (including phenoxy) is 3. The molecule has 0 aliphatic carbocycles. The molecule has 0 spiro atoms. The SMILES string of the molecule is CCCC/C=C\C/C=C\CCCCCCCC(=O)OCC(COC(=O)CCCCCCC/C=C\CCCC)OC(=O)CCCCCCC/C=C\CCCCC. The van der Waals surface area contributed by atoms with Gasteiger partial charge in [0.15, 0.2) is 6.10 Å². The van der Waals surface area contributed by atoms with Crippen molar-refractivity contribution in [2.24, 2.45) is 0 Å². The van der Waals surface area contributed by atoms with Crippen molar-refractivity contribution >= 4 is 17.9 Å². The molecule has 0 radical (unpaired) electrons. The second-order valence-corrected chi connectivity index (χ2v) is 15.3. The van der Waals surface area contributed by atoms with Crippen LogP contribution in [0.15, 0.2) is 48.6 Å². The topological polar surface area (TPSA) is 78.9 Å². The number of esters is 3. The Labute approximate surface area is 339 Å². The molecule has 1 unspecified atom stereocenters. The van der Waals surface area contributed by atoms with Gasteiger partial charge in [-0.1, -0.05) is 166 Å². The first-order valence-corrected chi connectivity index (χ1v) is 23.1. The molecule has 0 N–H and O–H groups in total. The van der Waals surface area contributed by atoms with Gasteiger partial charge in [-0.25, -0.2) is 0 Å². The van der Waals surface area contributed by atoms with Crippen molar-refractivity contribution in [2.45, 2.75) is 232 Å². The fraction of sp³-hybridized carbons (Fsp3) is 0.776. The first-order valence-electron chi connectivity index (χ1n) is 23.1. The molecule has 0 amide bonds. The molecule has 6 nitrogen and oxygen atoms in total. The molecular weight excluding hydrogens is 685 g/mol. The van der Waals surface area contributed by atoms with Gasteiger partial charge in [0.1, 0.15) is 13.2 Å². The van der Waals surface area contributed by atoms with Gasteiger partial charge in [0, 0.05) is 19.3 Å². The maximum Gasteiger partial charge on any atom is 0.306 e. The number of hydrogen-bond donors (Lipinski definition) is 0. The molecule has 0 bridgehead atoms. The van der Waals surface area contributed by atoms with Gasteiger partial charge < -0.3 is 14.2 Å². The lowest BCUT2D eigenvalue weighted by Crippen LogP contribution is -2.30. The third kappa shape index (κ3) is 42.4. The van der Waals surface area contributed by atoms with E-state index < -0.39 is 6.10 Å². The second-order valence-electron chi connectivity index (χ2n) is 15.3. The monoisotopic (exact) mass is 771 g/mol. The number of hydrogen-bond acceptors (Lipinski definition) is 6. The predicted molar refractivity (Wildman–Crippen MR) is 233 cm³/mol. The fourth-order valence-corrected chi connectivity index (χ4v) is 6.20. The summed E-state index contributed by atoms with van der Waals surface area (Å²) in [6.45, 7) is 6.50. The van der Waals surface area contributed by atoms with Gasteiger partial charge in [0.2, 0.25) is 0 Å². The van der Waals surface area contributed by atoms with Crippen LogP contribution in [0, 0.1) is 0 Å². The Morgan fingerprint density at radius 3 is 1.07 bits per heavy atom. The van der Waals surface area contributed by atoms with E-state index in [2.05, 4.69) is 69.4 Å². The summed E-state index contributed by atoms with van der Waals surface area (Å²) < 4.78 is 16.7. The zero-order valence-corrected chi connectivity index (χ0v) is 36.2. The predicted octanol–water partition coefficient (Wildman–Crippen LogP) is 14.8. The zero-order chi connectivity index (χ0) is 40.1. The highest BCUT2D eigenvalue weighted by Gasteiger charge is 2.19. The molecule has 0 heterocycles. The van der Waals surface area contributed by atoms with E-state index in [0.29, 0.717) is 19.3 Å². The summed E-state index contributed by atoms with van der Waals surface area (Å²) >= 11 is 0. The van der Waals surface area contributed by atoms with Crippen molar-refractivity contribution in [2.75, 3.05) is 13.2 Å². The molecule has 1 atom stereocenters. The third-order valence-corrected chi connectivity index (χ3v) is 9.78. The summed E-state index contributed by atoms with van der Waals surface area (Å²) in [5.74, 6) is -0.920. The molecule has 0 aliphatic heterocycles. The Morgan fingerprint density at radius 1 is 0.364 bits per heavy atom. The lowest BCUT2D eigenvalue weighted by molar-refractivity contribution is -0.167. The molecule has 318 valence electrons. The van der Waals surface area contributed by atoms with E-state index in [1.807, 2.05) is 0 Å². The number of carbonyl (C=O) groups is 3. The number of allylic oxidation sites excluding steroid dienone is 8. The number of carbonyl (C=O) groups excluding carboxylic acids is 3. The first kappa shape index (κ1) is 52.4. The van der Waals surface area contributed by atoms with Crippen LogP contribution in [-0.4, -0.2) is 37.2 Å². The van der Waals surface area contributed by atoms with E-state index in [-0.39, 0.29) is 31.1 Å². The van der Waals surface area contributed by atoms with Crippen molar-refractivity contribution in [3.05, 3.63) is 48.6 Å². The van der Waals surface area contributed by atoms with E-state index in [1.165, 1.54) is 89.9 Å². The van der Waals surface area contributed by atoms with Gasteiger partial charge in [-0.3, -0.25) is 14.4 Å². The molecule has 0 saturated carbocycles. The van der Waals surface area contributed by atoms with Crippen LogP contribution < -0.4 is 0 Å². The molecule has 0 rings (SSSR count). The van der Waals surface area contributed by atoms with Crippen LogP contribution in [-0.2, 0) is 28.6 Å². The van der Waals surface area contributed by atoms with Crippen LogP contribution in [0.25, 0.3) is 0 Å². The minimum absolute atomic E-state index is 0.0855. The first-order chi connectivity index (χ1) is 27.0. The van der Waals surface area contributed by atoms with Crippen molar-refractivity contribution in [3.8, 4) is 0 Å². The van der Waals surface area contributed by atoms with Gasteiger partial charge in [0.05, 0.1) is 0 Å². The quantitative estimate of drug-likeness (QED) is 0.0267. The Kier molecular flexibility index (Phi) is 42.0. The Morgan fingerprint density at radius 2 is 0.673 bits per heavy atom. The summed E-state index contributed by atoms with van der Waals surface area (Å²) in [7, 11) is 0. The highest BCUT2D eigenvalue weighted by atomic mass is 16.6. The summed E-state index contributed by atoms with van der Waals surface area (Å²) in [6.07, 6.45) is 50.8. The Balaban J connectivity index is 4.41. The third-order valence-electron chi connectivity index (χ3n) is 9.78. The van der Waals surface area contributed by atoms with Crippen LogP contribution in [0.3, 0.4) is 0 Å². The van der Waals surface area contributed by atoms with E-state index in [0.717, 1.165) is 96.3 Å². The minimum atomic E-state index is -0.783. The Bertz CT molecular complexity index is 980. The summed E-state index contributed by atoms with van der Waals surface area (Å²) in [5, 5.41) is 0. The molecule has 0 aromatic carbocycles. The van der Waals surface area contributed by atoms with Crippen molar-refractivity contribution in [1.29, 1.82) is 0 Å². The molecule has 0 fully saturated rings. The van der Waals surface area contributed by atoms with Crippen molar-refractivity contribution < 1.29 is 28.6 Å². The molecule has 6 heteroatoms. The van der Waals surface area contributed by atoms with Crippen LogP contribution >= 0.6 is 0 Å². The van der Waals surface area contributed by atoms with Gasteiger partial charge in [-0.15, -0.1) is 0 Å². The zero-order valence-electron chi connectivity index (χ0n) is 36.2. The lowest BCUT2D eigenvalue weighted by atomic mass is 10.1. The Hall–Kier alpha value is -2.63. The molecule has 0 aromatic heterocycles. The van der Waals surface area contributed by atoms with E-state index >= 15 is 0 Å². The maximum atomic E-state index is 12.7. The van der Waals surface area contributed by atoms with E-state index in [1.54, 1.807) is 0 Å². The molecule has 55 heavy (non-hydrogen) atoms. The molecule has 0 saturated heterocycles. The highest BCUT2D eigenvalue weighted by Crippen LogP contribution is 2.13. The van der Waals surface area contributed by atoms with E-state index in [4.69, 9.17) is 14.2 Å². The number of rotatable bonds is 41. The van der Waals surface area contributed by atoms with Gasteiger partial charge in [-0.05, 0) is 89.9 Å². The average molecular weight is 771 g/mol. The average Bonchev–Trinajstić information content (AvgIpc) is 3.18. The summed E-state index contributed by atoms with van der Waals surface area (Å²) in [6, 6.07) is 0. The van der Waals surface area contributed by atoms with E-state index in [9.17, 15) is 14.4 Å². The maximum absolute atomic E-state index is 12.7. The van der Waals surface area contributed by atoms with Crippen LogP contribution in [0.2, 0.25) is 0 Å². The van der Waals surface area contributed by atoms with Crippen molar-refractivity contribution in [1.82, 2.24) is 0 Å². The summed E-state index contributed by atoms with van der Waals surface area (Å²) in [5.41, 5.74) is 0. The van der Waals surface area contributed by atoms with Crippen LogP contribution in [0.5, 0.6) is 0 Å². The van der Waals surface area contributed by atoms with Crippen LogP contribution in [0.1, 0.15) is 226 Å². The lowest BCUT2D eigenvalue weighted by Gasteiger charge is -2.18.